The molecular formula is C24H38O2. The molecule has 0 aromatic carbocycles. The van der Waals surface area contributed by atoms with Crippen molar-refractivity contribution in [3.05, 3.63) is 12.2 Å². The Morgan fingerprint density at radius 2 is 1.85 bits per heavy atom. The van der Waals surface area contributed by atoms with Crippen molar-refractivity contribution in [2.24, 2.45) is 46.3 Å². The van der Waals surface area contributed by atoms with Crippen LogP contribution >= 0.6 is 0 Å². The molecule has 0 spiro atoms. The van der Waals surface area contributed by atoms with Crippen LogP contribution in [0.4, 0.5) is 0 Å². The van der Waals surface area contributed by atoms with Crippen molar-refractivity contribution in [1.82, 2.24) is 0 Å². The first-order valence-electron chi connectivity index (χ1n) is 11.2. The van der Waals surface area contributed by atoms with Gasteiger partial charge in [-0.1, -0.05) is 32.9 Å². The summed E-state index contributed by atoms with van der Waals surface area (Å²) in [7, 11) is 0. The van der Waals surface area contributed by atoms with Crippen molar-refractivity contribution in [1.29, 1.82) is 0 Å². The van der Waals surface area contributed by atoms with Gasteiger partial charge in [-0.25, -0.2) is 0 Å². The lowest BCUT2D eigenvalue weighted by Gasteiger charge is -2.60. The summed E-state index contributed by atoms with van der Waals surface area (Å²) in [6.45, 7) is 7.53. The summed E-state index contributed by atoms with van der Waals surface area (Å²) in [4.78, 5) is 11.0. The van der Waals surface area contributed by atoms with Crippen LogP contribution in [0.25, 0.3) is 0 Å². The van der Waals surface area contributed by atoms with Gasteiger partial charge in [0, 0.05) is 6.42 Å². The minimum absolute atomic E-state index is 0.344. The highest BCUT2D eigenvalue weighted by Gasteiger charge is 2.59. The summed E-state index contributed by atoms with van der Waals surface area (Å²) in [5.74, 6) is 4.25. The van der Waals surface area contributed by atoms with Gasteiger partial charge in [-0.05, 0) is 104 Å². The Hall–Kier alpha value is -0.790. The zero-order valence-electron chi connectivity index (χ0n) is 17.0. The lowest BCUT2D eigenvalue weighted by molar-refractivity contribution is -0.137. The number of rotatable bonds is 4. The molecule has 4 rings (SSSR count). The molecule has 0 radical (unpaired) electrons. The SMILES string of the molecule is C[C@H](CCC(=O)O)C1CC[C@H]2[C@@H]3CC[C@@H]4C=CCC[C@]4(C)[C@H]3CC[C@]12C. The second-order valence-electron chi connectivity index (χ2n) is 10.7. The maximum atomic E-state index is 11.0. The van der Waals surface area contributed by atoms with Crippen molar-refractivity contribution in [2.45, 2.75) is 85.0 Å². The number of fused-ring (bicyclic) bond motifs is 5. The van der Waals surface area contributed by atoms with Gasteiger partial charge in [-0.3, -0.25) is 4.79 Å². The number of carbonyl (C=O) groups is 1. The van der Waals surface area contributed by atoms with Crippen LogP contribution in [0.2, 0.25) is 0 Å². The number of hydrogen-bond donors (Lipinski definition) is 1. The fraction of sp³-hybridized carbons (Fsp3) is 0.875. The van der Waals surface area contributed by atoms with E-state index in [1.807, 2.05) is 0 Å². The maximum Gasteiger partial charge on any atom is 0.303 e. The fourth-order valence-corrected chi connectivity index (χ4v) is 8.35. The molecular weight excluding hydrogens is 320 g/mol. The van der Waals surface area contributed by atoms with Gasteiger partial charge in [0.1, 0.15) is 0 Å². The molecule has 3 fully saturated rings. The molecule has 4 aliphatic rings. The molecule has 0 aliphatic heterocycles. The average Bonchev–Trinajstić information content (AvgIpc) is 2.96. The smallest absolute Gasteiger partial charge is 0.303 e. The molecule has 0 heterocycles. The molecule has 8 atom stereocenters. The number of carboxylic acids is 1. The molecule has 1 N–H and O–H groups in total. The minimum atomic E-state index is -0.628. The fourth-order valence-electron chi connectivity index (χ4n) is 8.35. The minimum Gasteiger partial charge on any atom is -0.481 e. The quantitative estimate of drug-likeness (QED) is 0.598. The van der Waals surface area contributed by atoms with Gasteiger partial charge in [-0.2, -0.15) is 0 Å². The van der Waals surface area contributed by atoms with E-state index in [0.717, 1.165) is 36.0 Å². The molecule has 0 aromatic heterocycles. The summed E-state index contributed by atoms with van der Waals surface area (Å²) in [5.41, 5.74) is 1.01. The predicted octanol–water partition coefficient (Wildman–Crippen LogP) is 6.31. The van der Waals surface area contributed by atoms with Crippen LogP contribution < -0.4 is 0 Å². The molecule has 0 amide bonds. The van der Waals surface area contributed by atoms with Crippen molar-refractivity contribution in [2.75, 3.05) is 0 Å². The second kappa shape index (κ2) is 6.67. The van der Waals surface area contributed by atoms with Crippen LogP contribution in [0.1, 0.15) is 85.0 Å². The third-order valence-corrected chi connectivity index (χ3v) is 9.73. The Kier molecular flexibility index (Phi) is 4.77. The van der Waals surface area contributed by atoms with Gasteiger partial charge in [0.2, 0.25) is 0 Å². The maximum absolute atomic E-state index is 11.0. The molecule has 3 saturated carbocycles. The van der Waals surface area contributed by atoms with Crippen LogP contribution in [-0.4, -0.2) is 11.1 Å². The summed E-state index contributed by atoms with van der Waals surface area (Å²) >= 11 is 0. The van der Waals surface area contributed by atoms with Gasteiger partial charge >= 0.3 is 5.97 Å². The summed E-state index contributed by atoms with van der Waals surface area (Å²) in [5, 5.41) is 9.09. The van der Waals surface area contributed by atoms with E-state index in [-0.39, 0.29) is 0 Å². The molecule has 0 saturated heterocycles. The van der Waals surface area contributed by atoms with E-state index in [9.17, 15) is 4.79 Å². The normalized spacial score (nSPS) is 48.3. The molecule has 0 bridgehead atoms. The number of carboxylic acid groups (broad SMARTS) is 1. The highest BCUT2D eigenvalue weighted by atomic mass is 16.4. The van der Waals surface area contributed by atoms with Crippen LogP contribution in [0.15, 0.2) is 12.2 Å². The monoisotopic (exact) mass is 358 g/mol. The van der Waals surface area contributed by atoms with Crippen LogP contribution in [0.5, 0.6) is 0 Å². The van der Waals surface area contributed by atoms with Gasteiger partial charge in [-0.15, -0.1) is 0 Å². The molecule has 4 aliphatic carbocycles. The largest absolute Gasteiger partial charge is 0.481 e. The first-order valence-corrected chi connectivity index (χ1v) is 11.2. The van der Waals surface area contributed by atoms with Gasteiger partial charge < -0.3 is 5.11 Å². The topological polar surface area (TPSA) is 37.3 Å². The van der Waals surface area contributed by atoms with E-state index in [4.69, 9.17) is 5.11 Å². The molecule has 2 nitrogen and oxygen atoms in total. The Morgan fingerprint density at radius 3 is 2.62 bits per heavy atom. The molecule has 146 valence electrons. The number of allylic oxidation sites excluding steroid dienone is 2. The first kappa shape index (κ1) is 18.6. The van der Waals surface area contributed by atoms with Crippen LogP contribution in [0, 0.1) is 46.3 Å². The third kappa shape index (κ3) is 2.78. The second-order valence-corrected chi connectivity index (χ2v) is 10.7. The Morgan fingerprint density at radius 1 is 1.08 bits per heavy atom. The molecule has 2 heteroatoms. The van der Waals surface area contributed by atoms with Gasteiger partial charge in [0.25, 0.3) is 0 Å². The van der Waals surface area contributed by atoms with E-state index in [1.54, 1.807) is 0 Å². The Labute approximate surface area is 159 Å². The van der Waals surface area contributed by atoms with Gasteiger partial charge in [0.15, 0.2) is 0 Å². The van der Waals surface area contributed by atoms with Crippen molar-refractivity contribution >= 4 is 5.97 Å². The Bertz CT molecular complexity index is 581. The summed E-state index contributed by atoms with van der Waals surface area (Å²) < 4.78 is 0. The van der Waals surface area contributed by atoms with Gasteiger partial charge in [0.05, 0.1) is 0 Å². The molecule has 0 aromatic rings. The third-order valence-electron chi connectivity index (χ3n) is 9.73. The van der Waals surface area contributed by atoms with Crippen LogP contribution in [0.3, 0.4) is 0 Å². The van der Waals surface area contributed by atoms with E-state index < -0.39 is 5.97 Å². The average molecular weight is 359 g/mol. The molecule has 26 heavy (non-hydrogen) atoms. The van der Waals surface area contributed by atoms with E-state index in [0.29, 0.717) is 23.2 Å². The zero-order valence-corrected chi connectivity index (χ0v) is 17.0. The van der Waals surface area contributed by atoms with E-state index >= 15 is 0 Å². The number of aliphatic carboxylic acids is 1. The van der Waals surface area contributed by atoms with Crippen molar-refractivity contribution in [3.8, 4) is 0 Å². The standard InChI is InChI=1S/C24H38O2/c1-16(7-12-22(25)26)19-10-11-20-18-9-8-17-6-4-5-14-23(17,2)21(18)13-15-24(19,20)3/h4,6,16-21H,5,7-15H2,1-3H3,(H,25,26)/t16-,17+,18+,19?,20+,21+,23+,24-/m1/s1. The molecule has 1 unspecified atom stereocenters. The lowest BCUT2D eigenvalue weighted by Crippen LogP contribution is -2.52. The summed E-state index contributed by atoms with van der Waals surface area (Å²) in [6, 6.07) is 0. The summed E-state index contributed by atoms with van der Waals surface area (Å²) in [6.07, 6.45) is 17.3. The number of hydrogen-bond acceptors (Lipinski definition) is 1. The van der Waals surface area contributed by atoms with Crippen molar-refractivity contribution < 1.29 is 9.90 Å². The highest BCUT2D eigenvalue weighted by Crippen LogP contribution is 2.67. The van der Waals surface area contributed by atoms with Crippen molar-refractivity contribution in [3.63, 3.8) is 0 Å². The van der Waals surface area contributed by atoms with Crippen LogP contribution in [-0.2, 0) is 4.79 Å². The lowest BCUT2D eigenvalue weighted by atomic mass is 9.45. The highest BCUT2D eigenvalue weighted by molar-refractivity contribution is 5.66. The zero-order chi connectivity index (χ0) is 18.5. The Balaban J connectivity index is 1.53. The van der Waals surface area contributed by atoms with E-state index in [2.05, 4.69) is 32.9 Å². The van der Waals surface area contributed by atoms with E-state index in [1.165, 1.54) is 51.4 Å². The first-order chi connectivity index (χ1) is 12.4. The predicted molar refractivity (Wildman–Crippen MR) is 106 cm³/mol.